The Balaban J connectivity index is 1.75. The third-order valence-electron chi connectivity index (χ3n) is 4.03. The molecule has 0 aliphatic carbocycles. The first-order chi connectivity index (χ1) is 9.70. The second-order valence-corrected chi connectivity index (χ2v) is 5.40. The van der Waals surface area contributed by atoms with Gasteiger partial charge < -0.3 is 15.4 Å². The number of carbonyl (C=O) groups excluding carboxylic acids is 1. The van der Waals surface area contributed by atoms with Crippen LogP contribution in [0.2, 0.25) is 0 Å². The van der Waals surface area contributed by atoms with Crippen molar-refractivity contribution >= 4 is 5.97 Å². The van der Waals surface area contributed by atoms with E-state index in [1.807, 2.05) is 30.3 Å². The number of ether oxygens (including phenoxy) is 1. The van der Waals surface area contributed by atoms with Gasteiger partial charge in [0.25, 0.3) is 0 Å². The average molecular weight is 276 g/mol. The number of piperidine rings is 1. The van der Waals surface area contributed by atoms with E-state index in [1.54, 1.807) is 0 Å². The van der Waals surface area contributed by atoms with E-state index in [4.69, 9.17) is 10.5 Å². The van der Waals surface area contributed by atoms with Gasteiger partial charge in [0.1, 0.15) is 6.04 Å². The summed E-state index contributed by atoms with van der Waals surface area (Å²) in [6.07, 6.45) is 2.20. The predicted octanol–water partition coefficient (Wildman–Crippen LogP) is 1.96. The van der Waals surface area contributed by atoms with Crippen LogP contribution in [-0.2, 0) is 9.53 Å². The van der Waals surface area contributed by atoms with Crippen molar-refractivity contribution < 1.29 is 9.53 Å². The third-order valence-corrected chi connectivity index (χ3v) is 4.03. The molecule has 0 radical (unpaired) electrons. The Kier molecular flexibility index (Phi) is 5.56. The molecule has 0 spiro atoms. The van der Waals surface area contributed by atoms with Crippen LogP contribution in [0.15, 0.2) is 30.3 Å². The Morgan fingerprint density at radius 1 is 1.35 bits per heavy atom. The van der Waals surface area contributed by atoms with Crippen LogP contribution in [0.4, 0.5) is 0 Å². The highest BCUT2D eigenvalue weighted by Crippen LogP contribution is 2.18. The lowest BCUT2D eigenvalue weighted by molar-refractivity contribution is -0.147. The van der Waals surface area contributed by atoms with Gasteiger partial charge in [-0.1, -0.05) is 37.3 Å². The Morgan fingerprint density at radius 3 is 2.60 bits per heavy atom. The molecule has 1 aromatic rings. The molecule has 0 aromatic heterocycles. The smallest absolute Gasteiger partial charge is 0.327 e. The van der Waals surface area contributed by atoms with Crippen LogP contribution in [0.3, 0.4) is 0 Å². The van der Waals surface area contributed by atoms with Crippen molar-refractivity contribution in [2.45, 2.75) is 25.8 Å². The minimum Gasteiger partial charge on any atom is -0.464 e. The van der Waals surface area contributed by atoms with E-state index >= 15 is 0 Å². The molecule has 1 heterocycles. The Hall–Kier alpha value is -1.39. The number of nitrogens with two attached hydrogens (primary N) is 1. The summed E-state index contributed by atoms with van der Waals surface area (Å²) < 4.78 is 5.38. The van der Waals surface area contributed by atoms with E-state index < -0.39 is 6.04 Å². The number of nitrogens with zero attached hydrogens (tertiary/aromatic N) is 1. The van der Waals surface area contributed by atoms with Crippen LogP contribution >= 0.6 is 0 Å². The first kappa shape index (κ1) is 15.0. The molecule has 1 aliphatic rings. The summed E-state index contributed by atoms with van der Waals surface area (Å²) in [4.78, 5) is 14.4. The van der Waals surface area contributed by atoms with Crippen LogP contribution < -0.4 is 5.73 Å². The lowest BCUT2D eigenvalue weighted by Gasteiger charge is -2.30. The molecule has 110 valence electrons. The van der Waals surface area contributed by atoms with Crippen molar-refractivity contribution in [2.75, 3.05) is 26.2 Å². The maximum atomic E-state index is 11.9. The normalized spacial score (nSPS) is 18.7. The standard InChI is InChI=1S/C16H24N2O2/c1-2-18-10-8-13(9-11-18)12-20-16(19)15(17)14-6-4-3-5-7-14/h3-7,13,15H,2,8-12,17H2,1H3. The molecular formula is C16H24N2O2. The molecule has 4 heteroatoms. The van der Waals surface area contributed by atoms with E-state index in [1.165, 1.54) is 0 Å². The topological polar surface area (TPSA) is 55.6 Å². The molecule has 1 saturated heterocycles. The van der Waals surface area contributed by atoms with Crippen molar-refractivity contribution in [3.05, 3.63) is 35.9 Å². The zero-order chi connectivity index (χ0) is 14.4. The largest absolute Gasteiger partial charge is 0.464 e. The molecule has 0 amide bonds. The van der Waals surface area contributed by atoms with Crippen molar-refractivity contribution in [3.8, 4) is 0 Å². The summed E-state index contributed by atoms with van der Waals surface area (Å²) in [7, 11) is 0. The third kappa shape index (κ3) is 4.05. The zero-order valence-corrected chi connectivity index (χ0v) is 12.1. The fourth-order valence-electron chi connectivity index (χ4n) is 2.56. The fourth-order valence-corrected chi connectivity index (χ4v) is 2.56. The first-order valence-electron chi connectivity index (χ1n) is 7.40. The molecule has 1 atom stereocenters. The SMILES string of the molecule is CCN1CCC(COC(=O)C(N)c2ccccc2)CC1. The lowest BCUT2D eigenvalue weighted by Crippen LogP contribution is -2.35. The monoisotopic (exact) mass is 276 g/mol. The summed E-state index contributed by atoms with van der Waals surface area (Å²) in [5.74, 6) is 0.152. The van der Waals surface area contributed by atoms with Crippen molar-refractivity contribution in [2.24, 2.45) is 11.7 Å². The minimum atomic E-state index is -0.674. The highest BCUT2D eigenvalue weighted by atomic mass is 16.5. The van der Waals surface area contributed by atoms with Gasteiger partial charge in [0.2, 0.25) is 0 Å². The Bertz CT molecular complexity index is 414. The van der Waals surface area contributed by atoms with E-state index in [0.717, 1.165) is 38.0 Å². The molecule has 2 rings (SSSR count). The van der Waals surface area contributed by atoms with Crippen LogP contribution in [-0.4, -0.2) is 37.1 Å². The van der Waals surface area contributed by atoms with Crippen LogP contribution in [0.1, 0.15) is 31.4 Å². The Morgan fingerprint density at radius 2 is 2.00 bits per heavy atom. The van der Waals surface area contributed by atoms with Gasteiger partial charge in [-0.25, -0.2) is 4.79 Å². The molecule has 0 bridgehead atoms. The van der Waals surface area contributed by atoms with Crippen LogP contribution in [0.25, 0.3) is 0 Å². The van der Waals surface area contributed by atoms with Gasteiger partial charge in [0, 0.05) is 0 Å². The highest BCUT2D eigenvalue weighted by molar-refractivity contribution is 5.77. The second-order valence-electron chi connectivity index (χ2n) is 5.40. The molecule has 1 aliphatic heterocycles. The van der Waals surface area contributed by atoms with Gasteiger partial charge in [-0.2, -0.15) is 0 Å². The summed E-state index contributed by atoms with van der Waals surface area (Å²) in [6, 6.07) is 8.69. The van der Waals surface area contributed by atoms with Gasteiger partial charge in [0.05, 0.1) is 6.61 Å². The molecule has 4 nitrogen and oxygen atoms in total. The number of hydrogen-bond donors (Lipinski definition) is 1. The van der Waals surface area contributed by atoms with E-state index in [9.17, 15) is 4.79 Å². The summed E-state index contributed by atoms with van der Waals surface area (Å²) in [5, 5.41) is 0. The molecular weight excluding hydrogens is 252 g/mol. The molecule has 20 heavy (non-hydrogen) atoms. The summed E-state index contributed by atoms with van der Waals surface area (Å²) in [6.45, 7) is 5.98. The zero-order valence-electron chi connectivity index (χ0n) is 12.1. The minimum absolute atomic E-state index is 0.325. The van der Waals surface area contributed by atoms with Crippen LogP contribution in [0, 0.1) is 5.92 Å². The summed E-state index contributed by atoms with van der Waals surface area (Å²) >= 11 is 0. The maximum Gasteiger partial charge on any atom is 0.327 e. The van der Waals surface area contributed by atoms with Crippen molar-refractivity contribution in [1.82, 2.24) is 4.90 Å². The molecule has 1 fully saturated rings. The number of likely N-dealkylation sites (tertiary alicyclic amines) is 1. The number of rotatable bonds is 5. The number of hydrogen-bond acceptors (Lipinski definition) is 4. The quantitative estimate of drug-likeness (QED) is 0.835. The van der Waals surface area contributed by atoms with Gasteiger partial charge in [-0.3, -0.25) is 0 Å². The average Bonchev–Trinajstić information content (AvgIpc) is 2.53. The second kappa shape index (κ2) is 7.41. The molecule has 2 N–H and O–H groups in total. The van der Waals surface area contributed by atoms with Crippen LogP contribution in [0.5, 0.6) is 0 Å². The molecule has 0 saturated carbocycles. The number of esters is 1. The van der Waals surface area contributed by atoms with E-state index in [-0.39, 0.29) is 5.97 Å². The number of carbonyl (C=O) groups is 1. The van der Waals surface area contributed by atoms with Crippen molar-refractivity contribution in [1.29, 1.82) is 0 Å². The Labute approximate surface area is 120 Å². The van der Waals surface area contributed by atoms with Gasteiger partial charge >= 0.3 is 5.97 Å². The summed E-state index contributed by atoms with van der Waals surface area (Å²) in [5.41, 5.74) is 6.72. The molecule has 1 aromatic carbocycles. The van der Waals surface area contributed by atoms with Gasteiger partial charge in [0.15, 0.2) is 0 Å². The predicted molar refractivity (Wildman–Crippen MR) is 79.2 cm³/mol. The first-order valence-corrected chi connectivity index (χ1v) is 7.40. The lowest BCUT2D eigenvalue weighted by atomic mass is 9.98. The highest BCUT2D eigenvalue weighted by Gasteiger charge is 2.22. The van der Waals surface area contributed by atoms with E-state index in [2.05, 4.69) is 11.8 Å². The van der Waals surface area contributed by atoms with Gasteiger partial charge in [-0.15, -0.1) is 0 Å². The molecule has 1 unspecified atom stereocenters. The fraction of sp³-hybridized carbons (Fsp3) is 0.562. The van der Waals surface area contributed by atoms with Gasteiger partial charge in [-0.05, 0) is 44.0 Å². The number of benzene rings is 1. The van der Waals surface area contributed by atoms with Crippen molar-refractivity contribution in [3.63, 3.8) is 0 Å². The van der Waals surface area contributed by atoms with E-state index in [0.29, 0.717) is 12.5 Å². The maximum absolute atomic E-state index is 11.9.